The predicted octanol–water partition coefficient (Wildman–Crippen LogP) is 6.80. The van der Waals surface area contributed by atoms with Crippen LogP contribution < -0.4 is 5.73 Å². The van der Waals surface area contributed by atoms with E-state index >= 15 is 0 Å². The van der Waals surface area contributed by atoms with Gasteiger partial charge in [0.05, 0.1) is 0 Å². The second kappa shape index (κ2) is 6.50. The molecular formula is C25H45N. The Kier molecular flexibility index (Phi) is 4.82. The molecule has 1 nitrogen and oxygen atoms in total. The van der Waals surface area contributed by atoms with Crippen LogP contribution in [0.25, 0.3) is 0 Å². The van der Waals surface area contributed by atoms with E-state index in [1.54, 1.807) is 0 Å². The topological polar surface area (TPSA) is 26.0 Å². The Balaban J connectivity index is 1.65. The number of fused-ring (bicyclic) bond motifs is 5. The molecule has 0 bridgehead atoms. The molecule has 4 rings (SSSR count). The SMILES string of the molecule is CCCC(C)C1CCC2C3C(N)CC4(C)CCCCC4(C)C3CCC12C. The summed E-state index contributed by atoms with van der Waals surface area (Å²) < 4.78 is 0. The molecule has 4 fully saturated rings. The summed E-state index contributed by atoms with van der Waals surface area (Å²) in [5, 5.41) is 0. The maximum absolute atomic E-state index is 7.04. The molecule has 26 heavy (non-hydrogen) atoms. The van der Waals surface area contributed by atoms with Crippen LogP contribution in [-0.4, -0.2) is 6.04 Å². The van der Waals surface area contributed by atoms with Crippen LogP contribution in [0, 0.1) is 45.8 Å². The van der Waals surface area contributed by atoms with E-state index in [0.29, 0.717) is 22.3 Å². The normalized spacial score (nSPS) is 54.9. The molecule has 0 spiro atoms. The highest BCUT2D eigenvalue weighted by Crippen LogP contribution is 2.71. The molecule has 150 valence electrons. The number of nitrogens with two attached hydrogens (primary N) is 1. The summed E-state index contributed by atoms with van der Waals surface area (Å²) in [6.07, 6.45) is 15.8. The van der Waals surface area contributed by atoms with E-state index in [2.05, 4.69) is 34.6 Å². The van der Waals surface area contributed by atoms with Gasteiger partial charge in [0.2, 0.25) is 0 Å². The van der Waals surface area contributed by atoms with E-state index in [4.69, 9.17) is 5.73 Å². The first-order chi connectivity index (χ1) is 12.3. The Bertz CT molecular complexity index is 528. The van der Waals surface area contributed by atoms with Crippen molar-refractivity contribution in [2.45, 2.75) is 111 Å². The maximum atomic E-state index is 7.04. The van der Waals surface area contributed by atoms with Crippen molar-refractivity contribution in [3.63, 3.8) is 0 Å². The summed E-state index contributed by atoms with van der Waals surface area (Å²) in [5.74, 6) is 4.47. The minimum atomic E-state index is 0.459. The quantitative estimate of drug-likeness (QED) is 0.589. The Morgan fingerprint density at radius 3 is 2.42 bits per heavy atom. The minimum absolute atomic E-state index is 0.459. The zero-order valence-corrected chi connectivity index (χ0v) is 18.3. The molecule has 4 saturated carbocycles. The molecule has 0 saturated heterocycles. The lowest BCUT2D eigenvalue weighted by Crippen LogP contribution is -2.63. The van der Waals surface area contributed by atoms with E-state index in [0.717, 1.165) is 29.6 Å². The first kappa shape index (κ1) is 19.3. The lowest BCUT2D eigenvalue weighted by atomic mass is 9.39. The molecule has 0 aliphatic heterocycles. The van der Waals surface area contributed by atoms with Crippen LogP contribution in [0.5, 0.6) is 0 Å². The van der Waals surface area contributed by atoms with E-state index in [-0.39, 0.29) is 0 Å². The van der Waals surface area contributed by atoms with Crippen LogP contribution in [0.2, 0.25) is 0 Å². The zero-order chi connectivity index (χ0) is 18.7. The third kappa shape index (κ3) is 2.51. The Morgan fingerprint density at radius 2 is 1.69 bits per heavy atom. The fourth-order valence-electron chi connectivity index (χ4n) is 9.39. The lowest BCUT2D eigenvalue weighted by Gasteiger charge is -2.66. The monoisotopic (exact) mass is 359 g/mol. The molecule has 1 heteroatoms. The summed E-state index contributed by atoms with van der Waals surface area (Å²) >= 11 is 0. The Morgan fingerprint density at radius 1 is 0.962 bits per heavy atom. The van der Waals surface area contributed by atoms with Crippen molar-refractivity contribution < 1.29 is 0 Å². The number of rotatable bonds is 3. The zero-order valence-electron chi connectivity index (χ0n) is 18.3. The summed E-state index contributed by atoms with van der Waals surface area (Å²) in [6, 6.07) is 0.459. The third-order valence-corrected chi connectivity index (χ3v) is 10.9. The largest absolute Gasteiger partial charge is 0.327 e. The molecular weight excluding hydrogens is 314 g/mol. The van der Waals surface area contributed by atoms with Crippen molar-refractivity contribution in [1.29, 1.82) is 0 Å². The molecule has 9 unspecified atom stereocenters. The molecule has 9 atom stereocenters. The van der Waals surface area contributed by atoms with Gasteiger partial charge in [0.25, 0.3) is 0 Å². The standard InChI is InChI=1S/C25H45N/c1-6-9-17(2)18-10-11-19-22-20(12-15-24(18,19)4)25(5)14-8-7-13-23(25,3)16-21(22)26/h17-22H,6-16,26H2,1-5H3. The second-order valence-electron chi connectivity index (χ2n) is 11.8. The first-order valence-corrected chi connectivity index (χ1v) is 12.0. The van der Waals surface area contributed by atoms with Crippen molar-refractivity contribution >= 4 is 0 Å². The predicted molar refractivity (Wildman–Crippen MR) is 112 cm³/mol. The van der Waals surface area contributed by atoms with Gasteiger partial charge in [-0.15, -0.1) is 0 Å². The number of hydrogen-bond donors (Lipinski definition) is 1. The van der Waals surface area contributed by atoms with Crippen molar-refractivity contribution in [3.05, 3.63) is 0 Å². The summed E-state index contributed by atoms with van der Waals surface area (Å²) in [5.41, 5.74) is 8.67. The van der Waals surface area contributed by atoms with Crippen LogP contribution in [-0.2, 0) is 0 Å². The lowest BCUT2D eigenvalue weighted by molar-refractivity contribution is -0.162. The fraction of sp³-hybridized carbons (Fsp3) is 1.00. The molecule has 0 amide bonds. The summed E-state index contributed by atoms with van der Waals surface area (Å²) in [7, 11) is 0. The minimum Gasteiger partial charge on any atom is -0.327 e. The molecule has 0 aromatic rings. The average molecular weight is 360 g/mol. The van der Waals surface area contributed by atoms with E-state index in [9.17, 15) is 0 Å². The smallest absolute Gasteiger partial charge is 0.00782 e. The highest BCUT2D eigenvalue weighted by Gasteiger charge is 2.64. The molecule has 4 aliphatic rings. The van der Waals surface area contributed by atoms with E-state index in [1.807, 2.05) is 0 Å². The van der Waals surface area contributed by atoms with Crippen LogP contribution in [0.1, 0.15) is 105 Å². The average Bonchev–Trinajstić information content (AvgIpc) is 2.93. The van der Waals surface area contributed by atoms with Gasteiger partial charge < -0.3 is 5.73 Å². The number of hydrogen-bond acceptors (Lipinski definition) is 1. The highest BCUT2D eigenvalue weighted by atomic mass is 14.8. The molecule has 2 N–H and O–H groups in total. The van der Waals surface area contributed by atoms with Gasteiger partial charge in [-0.2, -0.15) is 0 Å². The van der Waals surface area contributed by atoms with Crippen molar-refractivity contribution in [2.24, 2.45) is 51.6 Å². The van der Waals surface area contributed by atoms with Gasteiger partial charge in [0.1, 0.15) is 0 Å². The van der Waals surface area contributed by atoms with Gasteiger partial charge in [-0.1, -0.05) is 60.3 Å². The van der Waals surface area contributed by atoms with Crippen LogP contribution >= 0.6 is 0 Å². The second-order valence-corrected chi connectivity index (χ2v) is 11.8. The fourth-order valence-corrected chi connectivity index (χ4v) is 9.39. The van der Waals surface area contributed by atoms with Crippen LogP contribution in [0.3, 0.4) is 0 Å². The molecule has 4 aliphatic carbocycles. The van der Waals surface area contributed by atoms with Crippen LogP contribution in [0.4, 0.5) is 0 Å². The molecule has 0 heterocycles. The van der Waals surface area contributed by atoms with Gasteiger partial charge in [-0.05, 0) is 90.8 Å². The van der Waals surface area contributed by atoms with Gasteiger partial charge >= 0.3 is 0 Å². The van der Waals surface area contributed by atoms with Gasteiger partial charge in [0, 0.05) is 6.04 Å². The first-order valence-electron chi connectivity index (χ1n) is 12.0. The molecule has 0 radical (unpaired) electrons. The van der Waals surface area contributed by atoms with Gasteiger partial charge in [-0.25, -0.2) is 0 Å². The van der Waals surface area contributed by atoms with E-state index < -0.39 is 0 Å². The summed E-state index contributed by atoms with van der Waals surface area (Å²) in [6.45, 7) is 12.9. The Hall–Kier alpha value is -0.0400. The van der Waals surface area contributed by atoms with Gasteiger partial charge in [0.15, 0.2) is 0 Å². The van der Waals surface area contributed by atoms with Crippen molar-refractivity contribution in [2.75, 3.05) is 0 Å². The van der Waals surface area contributed by atoms with Crippen molar-refractivity contribution in [1.82, 2.24) is 0 Å². The van der Waals surface area contributed by atoms with Crippen molar-refractivity contribution in [3.8, 4) is 0 Å². The maximum Gasteiger partial charge on any atom is 0.00782 e. The molecule has 0 aromatic carbocycles. The third-order valence-electron chi connectivity index (χ3n) is 10.9. The van der Waals surface area contributed by atoms with Crippen LogP contribution in [0.15, 0.2) is 0 Å². The molecule has 0 aromatic heterocycles. The summed E-state index contributed by atoms with van der Waals surface area (Å²) in [4.78, 5) is 0. The Labute approximate surface area is 163 Å². The van der Waals surface area contributed by atoms with Gasteiger partial charge in [-0.3, -0.25) is 0 Å². The van der Waals surface area contributed by atoms with E-state index in [1.165, 1.54) is 70.6 Å². The highest BCUT2D eigenvalue weighted by molar-refractivity contribution is 5.14.